The topological polar surface area (TPSA) is 33.5 Å². The van der Waals surface area contributed by atoms with Gasteiger partial charge in [-0.25, -0.2) is 4.98 Å². The van der Waals surface area contributed by atoms with Crippen molar-refractivity contribution < 1.29 is 4.74 Å². The largest absolute Gasteiger partial charge is 0.457 e. The van der Waals surface area contributed by atoms with E-state index in [0.29, 0.717) is 24.4 Å². The highest BCUT2D eigenvalue weighted by Gasteiger charge is 2.24. The Morgan fingerprint density at radius 1 is 0.550 bits per heavy atom. The molecule has 5 aromatic carbocycles. The van der Waals surface area contributed by atoms with E-state index in [2.05, 4.69) is 219 Å². The molecule has 7 aromatic rings. The molecule has 2 aromatic heterocycles. The number of fused-ring (bicyclic) bond motifs is 3. The summed E-state index contributed by atoms with van der Waals surface area (Å²) in [5.41, 5.74) is 13.8. The molecule has 5 nitrogen and oxygen atoms in total. The lowest BCUT2D eigenvalue weighted by molar-refractivity contribution is 0.479. The molecule has 0 unspecified atom stereocenters. The van der Waals surface area contributed by atoms with Crippen molar-refractivity contribution in [1.82, 2.24) is 9.55 Å². The second-order valence-electron chi connectivity index (χ2n) is 19.7. The van der Waals surface area contributed by atoms with Gasteiger partial charge in [0.05, 0.1) is 17.7 Å². The van der Waals surface area contributed by atoms with E-state index in [1.165, 1.54) is 55.4 Å². The van der Waals surface area contributed by atoms with E-state index in [9.17, 15) is 0 Å². The number of benzene rings is 5. The molecule has 0 N–H and O–H groups in total. The van der Waals surface area contributed by atoms with Crippen molar-refractivity contribution in [2.24, 2.45) is 0 Å². The van der Waals surface area contributed by atoms with Crippen molar-refractivity contribution in [3.8, 4) is 28.4 Å². The minimum Gasteiger partial charge on any atom is -0.457 e. The number of hydrogen-bond acceptors (Lipinski definition) is 4. The standard InChI is InChI=1S/C55H62N4O/c1-35(2)39-27-48(36(3)4)53(49(28-39)37(5)6)38-16-15-17-42(26-38)57-24-25-58(34-57)43-29-41(55(10,11)12)30-45(32-43)60-44-20-21-47-46-18-13-14-19-50(46)59(51(47)33-44)52-31-40(22-23-56-52)54(7,8)9/h13-33,35-37H,34H2,1-12H3. The van der Waals surface area contributed by atoms with Crippen LogP contribution >= 0.6 is 0 Å². The first-order valence-electron chi connectivity index (χ1n) is 21.8. The fraction of sp³-hybridized carbons (Fsp3) is 0.327. The first-order chi connectivity index (χ1) is 28.5. The van der Waals surface area contributed by atoms with Crippen LogP contribution in [0.4, 0.5) is 11.4 Å². The lowest BCUT2D eigenvalue weighted by Gasteiger charge is -2.26. The second kappa shape index (κ2) is 15.7. The SMILES string of the molecule is CC(C)c1cc(C(C)C)c(-c2cccc(N3C=CN(c4cc(Oc5ccc6c7ccccc7n(-c7cc(C(C)(C)C)ccn7)c6c5)cc(C(C)(C)C)c4)C3)c2)c(C(C)C)c1. The van der Waals surface area contributed by atoms with Crippen LogP contribution in [0.15, 0.2) is 128 Å². The second-order valence-corrected chi connectivity index (χ2v) is 19.7. The van der Waals surface area contributed by atoms with Crippen molar-refractivity contribution in [3.63, 3.8) is 0 Å². The van der Waals surface area contributed by atoms with Crippen LogP contribution in [0.1, 0.15) is 129 Å². The summed E-state index contributed by atoms with van der Waals surface area (Å²) in [4.78, 5) is 9.55. The fourth-order valence-electron chi connectivity index (χ4n) is 8.53. The van der Waals surface area contributed by atoms with Crippen LogP contribution in [-0.4, -0.2) is 16.2 Å². The molecule has 0 saturated carbocycles. The molecule has 0 fully saturated rings. The molecule has 308 valence electrons. The lowest BCUT2D eigenvalue weighted by atomic mass is 9.81. The van der Waals surface area contributed by atoms with E-state index >= 15 is 0 Å². The highest BCUT2D eigenvalue weighted by Crippen LogP contribution is 2.42. The highest BCUT2D eigenvalue weighted by atomic mass is 16.5. The van der Waals surface area contributed by atoms with Crippen molar-refractivity contribution >= 4 is 33.2 Å². The molecule has 3 heterocycles. The van der Waals surface area contributed by atoms with Gasteiger partial charge in [0.25, 0.3) is 0 Å². The molecule has 0 radical (unpaired) electrons. The summed E-state index contributed by atoms with van der Waals surface area (Å²) < 4.78 is 9.12. The van der Waals surface area contributed by atoms with Gasteiger partial charge in [-0.2, -0.15) is 0 Å². The number of hydrogen-bond donors (Lipinski definition) is 0. The van der Waals surface area contributed by atoms with Crippen LogP contribution in [-0.2, 0) is 10.8 Å². The molecule has 1 aliphatic heterocycles. The Hall–Kier alpha value is -5.81. The lowest BCUT2D eigenvalue weighted by Crippen LogP contribution is -2.25. The molecule has 0 atom stereocenters. The summed E-state index contributed by atoms with van der Waals surface area (Å²) in [5, 5.41) is 2.37. The van der Waals surface area contributed by atoms with Gasteiger partial charge in [0, 0.05) is 52.9 Å². The van der Waals surface area contributed by atoms with Gasteiger partial charge in [0.1, 0.15) is 17.3 Å². The summed E-state index contributed by atoms with van der Waals surface area (Å²) in [7, 11) is 0. The molecule has 0 spiro atoms. The smallest absolute Gasteiger partial charge is 0.137 e. The number of rotatable bonds is 9. The quantitative estimate of drug-likeness (QED) is 0.146. The third-order valence-corrected chi connectivity index (χ3v) is 12.1. The zero-order chi connectivity index (χ0) is 42.7. The molecule has 0 saturated heterocycles. The van der Waals surface area contributed by atoms with Crippen LogP contribution < -0.4 is 14.5 Å². The Bertz CT molecular complexity index is 2710. The maximum Gasteiger partial charge on any atom is 0.137 e. The van der Waals surface area contributed by atoms with E-state index in [4.69, 9.17) is 9.72 Å². The van der Waals surface area contributed by atoms with Crippen LogP contribution in [0.25, 0.3) is 38.8 Å². The Morgan fingerprint density at radius 3 is 1.88 bits per heavy atom. The number of para-hydroxylation sites is 1. The molecule has 1 aliphatic rings. The first-order valence-corrected chi connectivity index (χ1v) is 21.8. The molecule has 0 bridgehead atoms. The van der Waals surface area contributed by atoms with Gasteiger partial charge in [-0.15, -0.1) is 0 Å². The molecule has 60 heavy (non-hydrogen) atoms. The van der Waals surface area contributed by atoms with Crippen LogP contribution in [0.5, 0.6) is 11.5 Å². The average Bonchev–Trinajstić information content (AvgIpc) is 3.83. The van der Waals surface area contributed by atoms with Gasteiger partial charge in [-0.1, -0.05) is 126 Å². The van der Waals surface area contributed by atoms with Crippen molar-refractivity contribution in [3.05, 3.63) is 156 Å². The molecular weight excluding hydrogens is 733 g/mol. The number of anilines is 2. The summed E-state index contributed by atoms with van der Waals surface area (Å²) in [6.45, 7) is 28.1. The average molecular weight is 795 g/mol. The van der Waals surface area contributed by atoms with Gasteiger partial charge < -0.3 is 14.5 Å². The van der Waals surface area contributed by atoms with Crippen LogP contribution in [0.3, 0.4) is 0 Å². The van der Waals surface area contributed by atoms with Crippen molar-refractivity contribution in [2.75, 3.05) is 16.5 Å². The Labute approximate surface area is 358 Å². The zero-order valence-corrected chi connectivity index (χ0v) is 37.8. The molecule has 0 aliphatic carbocycles. The van der Waals surface area contributed by atoms with Gasteiger partial charge in [0.15, 0.2) is 0 Å². The molecule has 8 rings (SSSR count). The Morgan fingerprint density at radius 2 is 1.22 bits per heavy atom. The fourth-order valence-corrected chi connectivity index (χ4v) is 8.53. The summed E-state index contributed by atoms with van der Waals surface area (Å²) in [6.07, 6.45) is 6.32. The summed E-state index contributed by atoms with van der Waals surface area (Å²) >= 11 is 0. The normalized spacial score (nSPS) is 13.6. The minimum absolute atomic E-state index is 0.00121. The van der Waals surface area contributed by atoms with Gasteiger partial charge >= 0.3 is 0 Å². The molecule has 5 heteroatoms. The zero-order valence-electron chi connectivity index (χ0n) is 37.8. The molecular formula is C55H62N4O. The Balaban J connectivity index is 1.12. The van der Waals surface area contributed by atoms with Gasteiger partial charge in [-0.05, 0) is 122 Å². The van der Waals surface area contributed by atoms with E-state index in [-0.39, 0.29) is 10.8 Å². The van der Waals surface area contributed by atoms with E-state index in [1.54, 1.807) is 0 Å². The minimum atomic E-state index is -0.0843. The van der Waals surface area contributed by atoms with Gasteiger partial charge in [0.2, 0.25) is 0 Å². The Kier molecular flexibility index (Phi) is 10.7. The number of pyridine rings is 1. The maximum absolute atomic E-state index is 6.85. The van der Waals surface area contributed by atoms with Crippen molar-refractivity contribution in [1.29, 1.82) is 0 Å². The first kappa shape index (κ1) is 40.9. The highest BCUT2D eigenvalue weighted by molar-refractivity contribution is 6.09. The molecule has 0 amide bonds. The third kappa shape index (κ3) is 7.95. The third-order valence-electron chi connectivity index (χ3n) is 12.1. The van der Waals surface area contributed by atoms with E-state index < -0.39 is 0 Å². The van der Waals surface area contributed by atoms with Crippen molar-refractivity contribution in [2.45, 2.75) is 112 Å². The predicted octanol–water partition coefficient (Wildman–Crippen LogP) is 15.4. The number of aromatic nitrogens is 2. The summed E-state index contributed by atoms with van der Waals surface area (Å²) in [6, 6.07) is 40.1. The van der Waals surface area contributed by atoms with Gasteiger partial charge in [-0.3, -0.25) is 4.57 Å². The monoisotopic (exact) mass is 794 g/mol. The number of nitrogens with zero attached hydrogens (tertiary/aromatic N) is 4. The van der Waals surface area contributed by atoms with E-state index in [1.807, 2.05) is 6.20 Å². The maximum atomic E-state index is 6.85. The summed E-state index contributed by atoms with van der Waals surface area (Å²) in [5.74, 6) is 3.83. The predicted molar refractivity (Wildman–Crippen MR) is 256 cm³/mol. The van der Waals surface area contributed by atoms with Crippen LogP contribution in [0, 0.1) is 0 Å². The number of ether oxygens (including phenoxy) is 1. The van der Waals surface area contributed by atoms with Crippen LogP contribution in [0.2, 0.25) is 0 Å². The van der Waals surface area contributed by atoms with E-state index in [0.717, 1.165) is 34.0 Å².